The average Bonchev–Trinajstić information content (AvgIpc) is 3.09. The van der Waals surface area contributed by atoms with Crippen molar-refractivity contribution in [3.63, 3.8) is 0 Å². The number of nitrogens with one attached hydrogen (secondary N) is 2. The Hall–Kier alpha value is -2.99. The molecular weight excluding hydrogens is 466 g/mol. The van der Waals surface area contributed by atoms with Crippen LogP contribution in [0.15, 0.2) is 53.4 Å². The van der Waals surface area contributed by atoms with E-state index >= 15 is 0 Å². The highest BCUT2D eigenvalue weighted by Gasteiger charge is 2.40. The number of hydrogen-bond donors (Lipinski definition) is 2. The molecule has 2 amide bonds. The Labute approximate surface area is 187 Å². The molecule has 0 radical (unpaired) electrons. The summed E-state index contributed by atoms with van der Waals surface area (Å²) in [5.41, 5.74) is 0.876. The quantitative estimate of drug-likeness (QED) is 0.559. The second-order valence-corrected chi connectivity index (χ2v) is 9.38. The number of alkyl halides is 3. The average molecular weight is 487 g/mol. The fraction of sp³-hybridized carbons (Fsp3) is 0.333. The van der Waals surface area contributed by atoms with Gasteiger partial charge in [-0.1, -0.05) is 24.3 Å². The van der Waals surface area contributed by atoms with E-state index in [0.717, 1.165) is 0 Å². The summed E-state index contributed by atoms with van der Waals surface area (Å²) in [7, 11) is -3.92. The first-order valence-electron chi connectivity index (χ1n) is 9.88. The van der Waals surface area contributed by atoms with Crippen LogP contribution < -0.4 is 10.0 Å². The number of carbonyl (C=O) groups excluding carboxylic acids is 2. The summed E-state index contributed by atoms with van der Waals surface area (Å²) in [4.78, 5) is 24.6. The maximum absolute atomic E-state index is 13.3. The zero-order chi connectivity index (χ0) is 24.2. The van der Waals surface area contributed by atoms with Gasteiger partial charge in [0, 0.05) is 26.1 Å². The lowest BCUT2D eigenvalue weighted by Crippen LogP contribution is -2.37. The van der Waals surface area contributed by atoms with Crippen molar-refractivity contribution >= 4 is 21.8 Å². The molecule has 2 N–H and O–H groups in total. The number of carbonyl (C=O) groups is 2. The highest BCUT2D eigenvalue weighted by atomic mass is 32.2. The topological polar surface area (TPSA) is 95.6 Å². The number of halogens is 4. The lowest BCUT2D eigenvalue weighted by molar-refractivity contribution is -0.157. The second-order valence-electron chi connectivity index (χ2n) is 7.61. The molecule has 1 saturated heterocycles. The molecule has 7 nitrogen and oxygen atoms in total. The Kier molecular flexibility index (Phi) is 7.38. The molecule has 2 aromatic rings. The number of amides is 2. The van der Waals surface area contributed by atoms with Crippen LogP contribution in [-0.4, -0.2) is 44.4 Å². The lowest BCUT2D eigenvalue weighted by atomic mass is 10.1. The van der Waals surface area contributed by atoms with Gasteiger partial charge in [0.05, 0.1) is 10.8 Å². The van der Waals surface area contributed by atoms with Crippen molar-refractivity contribution in [3.05, 3.63) is 65.5 Å². The predicted octanol–water partition coefficient (Wildman–Crippen LogP) is 2.33. The molecule has 1 unspecified atom stereocenters. The molecule has 3 rings (SSSR count). The number of rotatable bonds is 8. The first kappa shape index (κ1) is 24.6. The Morgan fingerprint density at radius 1 is 1.06 bits per heavy atom. The minimum Gasteiger partial charge on any atom is -0.352 e. The summed E-state index contributed by atoms with van der Waals surface area (Å²) in [6.07, 6.45) is -4.87. The molecule has 1 aliphatic rings. The van der Waals surface area contributed by atoms with Gasteiger partial charge < -0.3 is 10.2 Å². The van der Waals surface area contributed by atoms with Crippen molar-refractivity contribution in [2.45, 2.75) is 30.6 Å². The van der Waals surface area contributed by atoms with Gasteiger partial charge in [0.25, 0.3) is 0 Å². The van der Waals surface area contributed by atoms with Crippen molar-refractivity contribution in [2.75, 3.05) is 13.1 Å². The van der Waals surface area contributed by atoms with Crippen LogP contribution >= 0.6 is 0 Å². The van der Waals surface area contributed by atoms with Crippen molar-refractivity contribution in [3.8, 4) is 0 Å². The highest BCUT2D eigenvalue weighted by molar-refractivity contribution is 7.89. The maximum Gasteiger partial charge on any atom is 0.406 e. The van der Waals surface area contributed by atoms with Gasteiger partial charge in [-0.3, -0.25) is 9.59 Å². The standard InChI is InChI=1S/C21H21F4N3O4S/c22-17-5-1-3-14(7-17)11-27-33(31,32)18-6-2-4-15(8-18)10-26-20(30)16-9-19(29)28(12-16)13-21(23,24)25/h1-8,16,27H,9-13H2,(H,26,30). The Bertz CT molecular complexity index is 1140. The molecule has 0 saturated carbocycles. The molecule has 0 bridgehead atoms. The summed E-state index contributed by atoms with van der Waals surface area (Å²) >= 11 is 0. The largest absolute Gasteiger partial charge is 0.406 e. The normalized spacial score (nSPS) is 16.8. The first-order chi connectivity index (χ1) is 15.4. The van der Waals surface area contributed by atoms with Gasteiger partial charge >= 0.3 is 6.18 Å². The zero-order valence-electron chi connectivity index (χ0n) is 17.2. The number of likely N-dealkylation sites (tertiary alicyclic amines) is 1. The van der Waals surface area contributed by atoms with Crippen molar-refractivity contribution in [2.24, 2.45) is 5.92 Å². The molecule has 1 aliphatic heterocycles. The SMILES string of the molecule is O=C(NCc1cccc(S(=O)(=O)NCc2cccc(F)c2)c1)C1CC(=O)N(CC(F)(F)F)C1. The molecule has 0 aliphatic carbocycles. The molecule has 1 heterocycles. The molecule has 1 atom stereocenters. The van der Waals surface area contributed by atoms with Gasteiger partial charge in [0.2, 0.25) is 21.8 Å². The lowest BCUT2D eigenvalue weighted by Gasteiger charge is -2.18. The summed E-state index contributed by atoms with van der Waals surface area (Å²) in [6, 6.07) is 11.2. The molecule has 1 fully saturated rings. The third-order valence-electron chi connectivity index (χ3n) is 4.99. The monoisotopic (exact) mass is 487 g/mol. The Balaban J connectivity index is 1.57. The minimum atomic E-state index is -4.55. The van der Waals surface area contributed by atoms with Crippen LogP contribution in [0.2, 0.25) is 0 Å². The van der Waals surface area contributed by atoms with Gasteiger partial charge in [-0.15, -0.1) is 0 Å². The van der Waals surface area contributed by atoms with E-state index in [-0.39, 0.29) is 31.0 Å². The molecule has 178 valence electrons. The molecule has 2 aromatic carbocycles. The smallest absolute Gasteiger partial charge is 0.352 e. The first-order valence-corrected chi connectivity index (χ1v) is 11.4. The van der Waals surface area contributed by atoms with Crippen LogP contribution in [0.25, 0.3) is 0 Å². The van der Waals surface area contributed by atoms with E-state index in [4.69, 9.17) is 0 Å². The zero-order valence-corrected chi connectivity index (χ0v) is 18.0. The van der Waals surface area contributed by atoms with E-state index < -0.39 is 46.3 Å². The third kappa shape index (κ3) is 6.99. The van der Waals surface area contributed by atoms with E-state index in [0.29, 0.717) is 16.0 Å². The van der Waals surface area contributed by atoms with Crippen LogP contribution in [-0.2, 0) is 32.7 Å². The van der Waals surface area contributed by atoms with Crippen LogP contribution in [0.5, 0.6) is 0 Å². The predicted molar refractivity (Wildman–Crippen MR) is 109 cm³/mol. The third-order valence-corrected chi connectivity index (χ3v) is 6.39. The number of benzene rings is 2. The maximum atomic E-state index is 13.3. The second kappa shape index (κ2) is 9.87. The van der Waals surface area contributed by atoms with Crippen molar-refractivity contribution in [1.29, 1.82) is 0 Å². The van der Waals surface area contributed by atoms with E-state index in [1.807, 2.05) is 0 Å². The van der Waals surface area contributed by atoms with E-state index in [1.54, 1.807) is 12.1 Å². The van der Waals surface area contributed by atoms with Crippen LogP contribution in [0, 0.1) is 11.7 Å². The fourth-order valence-electron chi connectivity index (χ4n) is 3.38. The highest BCUT2D eigenvalue weighted by Crippen LogP contribution is 2.24. The molecular formula is C21H21F4N3O4S. The Morgan fingerprint density at radius 2 is 1.73 bits per heavy atom. The number of sulfonamides is 1. The Morgan fingerprint density at radius 3 is 2.39 bits per heavy atom. The minimum absolute atomic E-state index is 0.0713. The number of hydrogen-bond acceptors (Lipinski definition) is 4. The van der Waals surface area contributed by atoms with Crippen LogP contribution in [0.1, 0.15) is 17.5 Å². The van der Waals surface area contributed by atoms with E-state index in [9.17, 15) is 35.6 Å². The van der Waals surface area contributed by atoms with E-state index in [2.05, 4.69) is 10.0 Å². The fourth-order valence-corrected chi connectivity index (χ4v) is 4.47. The summed E-state index contributed by atoms with van der Waals surface area (Å²) in [5.74, 6) is -2.75. The van der Waals surface area contributed by atoms with Crippen LogP contribution in [0.3, 0.4) is 0 Å². The summed E-state index contributed by atoms with van der Waals surface area (Å²) < 4.78 is 78.3. The van der Waals surface area contributed by atoms with Gasteiger partial charge in [-0.2, -0.15) is 13.2 Å². The van der Waals surface area contributed by atoms with Crippen molar-refractivity contribution in [1.82, 2.24) is 14.9 Å². The van der Waals surface area contributed by atoms with Gasteiger partial charge in [-0.25, -0.2) is 17.5 Å². The van der Waals surface area contributed by atoms with Gasteiger partial charge in [0.1, 0.15) is 12.4 Å². The molecule has 0 aromatic heterocycles. The van der Waals surface area contributed by atoms with Crippen LogP contribution in [0.4, 0.5) is 17.6 Å². The van der Waals surface area contributed by atoms with Crippen molar-refractivity contribution < 1.29 is 35.6 Å². The molecule has 33 heavy (non-hydrogen) atoms. The van der Waals surface area contributed by atoms with Gasteiger partial charge in [0.15, 0.2) is 0 Å². The summed E-state index contributed by atoms with van der Waals surface area (Å²) in [6.45, 7) is -1.93. The van der Waals surface area contributed by atoms with Gasteiger partial charge in [-0.05, 0) is 35.4 Å². The molecule has 0 spiro atoms. The molecule has 12 heteroatoms. The number of nitrogens with zero attached hydrogens (tertiary/aromatic N) is 1. The van der Waals surface area contributed by atoms with E-state index in [1.165, 1.54) is 36.4 Å². The summed E-state index contributed by atoms with van der Waals surface area (Å²) in [5, 5.41) is 2.53.